The number of hydrogen-bond donors (Lipinski definition) is 0. The van der Waals surface area contributed by atoms with Crippen LogP contribution in [0.3, 0.4) is 0 Å². The third kappa shape index (κ3) is 6.90. The third-order valence-electron chi connectivity index (χ3n) is 6.71. The third-order valence-corrected chi connectivity index (χ3v) is 9.94. The van der Waals surface area contributed by atoms with Gasteiger partial charge in [-0.25, -0.2) is 4.39 Å². The summed E-state index contributed by atoms with van der Waals surface area (Å²) in [5.74, 6) is -1.46. The summed E-state index contributed by atoms with van der Waals surface area (Å²) in [6.45, 7) is 8.12. The van der Waals surface area contributed by atoms with E-state index in [1.165, 1.54) is 27.5 Å². The molecule has 0 N–H and O–H groups in total. The molecule has 2 nitrogen and oxygen atoms in total. The van der Waals surface area contributed by atoms with Crippen molar-refractivity contribution in [2.75, 3.05) is 0 Å². The zero-order chi connectivity index (χ0) is 31.9. The molecule has 41 heavy (non-hydrogen) atoms. The molecule has 0 amide bonds. The average Bonchev–Trinajstić information content (AvgIpc) is 3.36. The van der Waals surface area contributed by atoms with Crippen LogP contribution in [0.5, 0.6) is 0 Å². The van der Waals surface area contributed by atoms with E-state index in [4.69, 9.17) is 5.48 Å². The van der Waals surface area contributed by atoms with Gasteiger partial charge in [-0.15, -0.1) is 59.2 Å². The molecule has 6 heteroatoms. The molecule has 3 aromatic heterocycles. The van der Waals surface area contributed by atoms with Crippen LogP contribution in [-0.2, 0) is 20.1 Å². The van der Waals surface area contributed by atoms with Gasteiger partial charge in [0.1, 0.15) is 5.82 Å². The average molecular weight is 757 g/mol. The second-order valence-electron chi connectivity index (χ2n) is 10.9. The zero-order valence-electron chi connectivity index (χ0n) is 27.6. The van der Waals surface area contributed by atoms with Gasteiger partial charge in [-0.3, -0.25) is 0 Å². The Morgan fingerprint density at radius 2 is 1.71 bits per heavy atom. The van der Waals surface area contributed by atoms with Crippen molar-refractivity contribution in [1.82, 2.24) is 9.97 Å². The summed E-state index contributed by atoms with van der Waals surface area (Å²) >= 11 is 1.69. The SMILES string of the molecule is [2H]C(C)(C)c1cc(-c2[c-]ccc3c2sc2ccccc23)ncc1F.[2H]C([2H])([2H])c1c[c-]c(-c2ccc([Si](C)(C)C)cn2)cc1.[Ir]. The molecule has 6 rings (SSSR count). The Kier molecular flexibility index (Phi) is 8.06. The van der Waals surface area contributed by atoms with E-state index in [-0.39, 0.29) is 20.1 Å². The van der Waals surface area contributed by atoms with Crippen molar-refractivity contribution in [3.05, 3.63) is 114 Å². The quantitative estimate of drug-likeness (QED) is 0.132. The van der Waals surface area contributed by atoms with Crippen molar-refractivity contribution >= 4 is 44.8 Å². The summed E-state index contributed by atoms with van der Waals surface area (Å²) in [6.07, 6.45) is 3.13. The Labute approximate surface area is 266 Å². The molecule has 3 aromatic carbocycles. The Balaban J connectivity index is 0.000000204. The molecule has 0 saturated carbocycles. The van der Waals surface area contributed by atoms with Crippen molar-refractivity contribution < 1.29 is 30.0 Å². The molecule has 0 saturated heterocycles. The number of rotatable bonds is 4. The predicted octanol–water partition coefficient (Wildman–Crippen LogP) is 9.58. The van der Waals surface area contributed by atoms with Gasteiger partial charge in [0, 0.05) is 36.5 Å². The van der Waals surface area contributed by atoms with Crippen LogP contribution in [0.2, 0.25) is 19.6 Å². The molecule has 0 aliphatic rings. The van der Waals surface area contributed by atoms with E-state index >= 15 is 0 Å². The molecule has 1 radical (unpaired) electrons. The summed E-state index contributed by atoms with van der Waals surface area (Å²) in [7, 11) is -1.34. The second-order valence-corrected chi connectivity index (χ2v) is 17.0. The van der Waals surface area contributed by atoms with Gasteiger partial charge in [0.25, 0.3) is 0 Å². The normalized spacial score (nSPS) is 13.3. The minimum Gasteiger partial charge on any atom is -0.305 e. The van der Waals surface area contributed by atoms with Crippen molar-refractivity contribution in [2.24, 2.45) is 0 Å². The maximum atomic E-state index is 14.1. The van der Waals surface area contributed by atoms with E-state index in [0.29, 0.717) is 16.8 Å². The van der Waals surface area contributed by atoms with Gasteiger partial charge in [-0.2, -0.15) is 11.3 Å². The maximum absolute atomic E-state index is 14.1. The summed E-state index contributed by atoms with van der Waals surface area (Å²) < 4.78 is 46.6. The zero-order valence-corrected chi connectivity index (χ0v) is 27.8. The number of benzene rings is 3. The molecule has 3 heterocycles. The van der Waals surface area contributed by atoms with Gasteiger partial charge >= 0.3 is 0 Å². The van der Waals surface area contributed by atoms with Crippen LogP contribution in [-0.4, -0.2) is 18.0 Å². The number of halogens is 1. The fourth-order valence-corrected chi connectivity index (χ4v) is 6.66. The predicted molar refractivity (Wildman–Crippen MR) is 172 cm³/mol. The minimum atomic E-state index is -2.08. The molecule has 0 aliphatic carbocycles. The molecule has 0 atom stereocenters. The Morgan fingerprint density at radius 1 is 0.927 bits per heavy atom. The molecule has 6 aromatic rings. The number of aryl methyl sites for hydroxylation is 1. The van der Waals surface area contributed by atoms with Crippen molar-refractivity contribution in [3.8, 4) is 22.5 Å². The topological polar surface area (TPSA) is 25.8 Å². The van der Waals surface area contributed by atoms with E-state index in [1.807, 2.05) is 30.5 Å². The largest absolute Gasteiger partial charge is 0.305 e. The maximum Gasteiger partial charge on any atom is 0.143 e. The summed E-state index contributed by atoms with van der Waals surface area (Å²) in [5.41, 5.74) is 3.81. The second kappa shape index (κ2) is 12.9. The van der Waals surface area contributed by atoms with Crippen LogP contribution >= 0.6 is 11.3 Å². The van der Waals surface area contributed by atoms with Crippen LogP contribution in [0.15, 0.2) is 85.2 Å². The minimum absolute atomic E-state index is 0. The Morgan fingerprint density at radius 3 is 2.37 bits per heavy atom. The van der Waals surface area contributed by atoms with Crippen LogP contribution in [0.4, 0.5) is 4.39 Å². The molecule has 211 valence electrons. The summed E-state index contributed by atoms with van der Waals surface area (Å²) in [6, 6.07) is 29.1. The van der Waals surface area contributed by atoms with Gasteiger partial charge in [-0.1, -0.05) is 82.1 Å². The molecule has 0 aliphatic heterocycles. The fourth-order valence-electron chi connectivity index (χ4n) is 4.42. The molecule has 0 unspecified atom stereocenters. The van der Waals surface area contributed by atoms with Crippen LogP contribution in [0, 0.1) is 24.8 Å². The summed E-state index contributed by atoms with van der Waals surface area (Å²) in [4.78, 5) is 8.73. The number of nitrogens with zero attached hydrogens (tertiary/aromatic N) is 2. The molecule has 0 spiro atoms. The number of pyridine rings is 2. The van der Waals surface area contributed by atoms with Crippen molar-refractivity contribution in [1.29, 1.82) is 0 Å². The van der Waals surface area contributed by atoms with Crippen molar-refractivity contribution in [2.45, 2.75) is 46.2 Å². The summed E-state index contributed by atoms with van der Waals surface area (Å²) in [5, 5.41) is 3.67. The fraction of sp³-hybridized carbons (Fsp3) is 0.200. The van der Waals surface area contributed by atoms with Gasteiger partial charge in [-0.05, 0) is 44.2 Å². The first-order chi connectivity index (χ1) is 20.6. The van der Waals surface area contributed by atoms with Crippen molar-refractivity contribution in [3.63, 3.8) is 0 Å². The van der Waals surface area contributed by atoms with Gasteiger partial charge in [0.05, 0.1) is 14.3 Å². The number of aromatic nitrogens is 2. The molecule has 0 bridgehead atoms. The number of thiophene rings is 1. The van der Waals surface area contributed by atoms with Crippen LogP contribution in [0.1, 0.15) is 36.4 Å². The molecular weight excluding hydrogens is 720 g/mol. The first-order valence-corrected chi connectivity index (χ1v) is 17.4. The van der Waals surface area contributed by atoms with E-state index in [0.717, 1.165) is 26.9 Å². The standard InChI is InChI=1S/C20H15FNS.C15H18NSi.Ir/c1-12(2)16-10-18(22-11-17(16)21)15-8-5-7-14-13-6-3-4-9-19(13)23-20(14)15;1-12-5-7-13(8-6-12)15-10-9-14(11-16-15)17(2,3)4;/h3-7,9-12H,1-2H3;5-7,9-11H,1-4H3;/q2*-1;/i12D;1D3;. The van der Waals surface area contributed by atoms with Crippen LogP contribution < -0.4 is 5.19 Å². The first-order valence-electron chi connectivity index (χ1n) is 15.1. The van der Waals surface area contributed by atoms with Crippen LogP contribution in [0.25, 0.3) is 42.7 Å². The van der Waals surface area contributed by atoms with Gasteiger partial charge in [0.2, 0.25) is 0 Å². The smallest absolute Gasteiger partial charge is 0.143 e. The van der Waals surface area contributed by atoms with E-state index in [9.17, 15) is 4.39 Å². The van der Waals surface area contributed by atoms with E-state index < -0.39 is 26.6 Å². The van der Waals surface area contributed by atoms with E-state index in [1.54, 1.807) is 43.4 Å². The number of fused-ring (bicyclic) bond motifs is 3. The first kappa shape index (κ1) is 25.7. The Bertz CT molecular complexity index is 1870. The molecule has 0 fully saturated rings. The monoisotopic (exact) mass is 757 g/mol. The number of hydrogen-bond acceptors (Lipinski definition) is 3. The molecular formula is C35H33FIrN2SSi-2. The Hall–Kier alpha value is -3.02. The van der Waals surface area contributed by atoms with Gasteiger partial charge < -0.3 is 9.97 Å². The van der Waals surface area contributed by atoms with Gasteiger partial charge in [0.15, 0.2) is 0 Å². The van der Waals surface area contributed by atoms with E-state index in [2.05, 4.69) is 66.0 Å².